The number of carbonyl (C=O) groups is 2. The van der Waals surface area contributed by atoms with Crippen LogP contribution in [-0.2, 0) is 9.84 Å². The quantitative estimate of drug-likeness (QED) is 0.377. The van der Waals surface area contributed by atoms with Crippen molar-refractivity contribution >= 4 is 27.3 Å². The van der Waals surface area contributed by atoms with Crippen molar-refractivity contribution in [3.63, 3.8) is 0 Å². The number of hydrogen-bond acceptors (Lipinski definition) is 7. The number of pyridine rings is 1. The highest BCUT2D eigenvalue weighted by molar-refractivity contribution is 7.90. The average molecular weight is 528 g/mol. The van der Waals surface area contributed by atoms with Crippen molar-refractivity contribution in [1.82, 2.24) is 20.1 Å². The topological polar surface area (TPSA) is 132 Å². The summed E-state index contributed by atoms with van der Waals surface area (Å²) in [6.07, 6.45) is 2.30. The number of nitrogens with one attached hydrogen (secondary N) is 2. The van der Waals surface area contributed by atoms with Crippen LogP contribution in [0.2, 0.25) is 0 Å². The summed E-state index contributed by atoms with van der Waals surface area (Å²) in [4.78, 5) is 28.4. The van der Waals surface area contributed by atoms with Gasteiger partial charge in [0.1, 0.15) is 28.8 Å². The van der Waals surface area contributed by atoms with Gasteiger partial charge < -0.3 is 15.4 Å². The van der Waals surface area contributed by atoms with Crippen LogP contribution in [0.3, 0.4) is 0 Å². The van der Waals surface area contributed by atoms with E-state index in [1.807, 2.05) is 0 Å². The highest BCUT2D eigenvalue weighted by atomic mass is 32.2. The minimum atomic E-state index is -3.82. The zero-order valence-electron chi connectivity index (χ0n) is 19.4. The molecule has 13 heteroatoms. The summed E-state index contributed by atoms with van der Waals surface area (Å²) < 4.78 is 59.1. The number of amides is 2. The molecule has 2 amide bonds. The van der Waals surface area contributed by atoms with Gasteiger partial charge in [-0.15, -0.1) is 0 Å². The van der Waals surface area contributed by atoms with E-state index < -0.39 is 33.3 Å². The van der Waals surface area contributed by atoms with Crippen molar-refractivity contribution in [3.8, 4) is 17.2 Å². The first-order chi connectivity index (χ1) is 17.5. The van der Waals surface area contributed by atoms with Crippen LogP contribution in [-0.4, -0.2) is 48.3 Å². The Bertz CT molecular complexity index is 1600. The van der Waals surface area contributed by atoms with Crippen molar-refractivity contribution in [2.45, 2.75) is 5.03 Å². The third-order valence-electron chi connectivity index (χ3n) is 4.98. The molecule has 4 aromatic rings. The number of benzene rings is 2. The molecular formula is C24H19F2N5O5S. The maximum absolute atomic E-state index is 14.7. The maximum atomic E-state index is 14.7. The van der Waals surface area contributed by atoms with E-state index in [1.54, 1.807) is 0 Å². The van der Waals surface area contributed by atoms with E-state index >= 15 is 0 Å². The van der Waals surface area contributed by atoms with Crippen molar-refractivity contribution in [2.75, 3.05) is 18.6 Å². The van der Waals surface area contributed by atoms with Crippen molar-refractivity contribution in [1.29, 1.82) is 0 Å². The van der Waals surface area contributed by atoms with Crippen LogP contribution in [0.1, 0.15) is 21.0 Å². The molecule has 4 rings (SSSR count). The van der Waals surface area contributed by atoms with Gasteiger partial charge in [0.25, 0.3) is 11.8 Å². The van der Waals surface area contributed by atoms with Gasteiger partial charge in [0.2, 0.25) is 0 Å². The summed E-state index contributed by atoms with van der Waals surface area (Å²) in [6.45, 7) is 0. The van der Waals surface area contributed by atoms with Gasteiger partial charge in [-0.25, -0.2) is 21.9 Å². The minimum absolute atomic E-state index is 0.0875. The van der Waals surface area contributed by atoms with E-state index in [-0.39, 0.29) is 39.3 Å². The molecule has 2 heterocycles. The fourth-order valence-corrected chi connectivity index (χ4v) is 4.00. The number of hydrogen-bond donors (Lipinski definition) is 2. The van der Waals surface area contributed by atoms with E-state index in [4.69, 9.17) is 4.74 Å². The van der Waals surface area contributed by atoms with Crippen LogP contribution in [0.25, 0.3) is 5.69 Å². The monoisotopic (exact) mass is 527 g/mol. The molecule has 0 fully saturated rings. The first kappa shape index (κ1) is 25.4. The number of sulfone groups is 1. The van der Waals surface area contributed by atoms with Crippen LogP contribution >= 0.6 is 0 Å². The van der Waals surface area contributed by atoms with Gasteiger partial charge >= 0.3 is 0 Å². The summed E-state index contributed by atoms with van der Waals surface area (Å²) in [5.74, 6) is -2.34. The molecule has 2 N–H and O–H groups in total. The molecule has 10 nitrogen and oxygen atoms in total. The van der Waals surface area contributed by atoms with Crippen molar-refractivity contribution in [2.24, 2.45) is 0 Å². The van der Waals surface area contributed by atoms with Crippen LogP contribution in [0.5, 0.6) is 11.5 Å². The molecule has 0 aliphatic heterocycles. The van der Waals surface area contributed by atoms with Crippen molar-refractivity contribution in [3.05, 3.63) is 89.9 Å². The SMILES string of the molecule is CNC(=O)c1cc(Oc2ccc(NC(=O)c3cc(S(C)(=O)=O)n(-c4ccc(F)cc4)n3)c(F)c2)ccn1. The third-order valence-corrected chi connectivity index (χ3v) is 6.03. The molecule has 0 aliphatic carbocycles. The normalized spacial score (nSPS) is 11.1. The summed E-state index contributed by atoms with van der Waals surface area (Å²) in [7, 11) is -2.37. The number of rotatable bonds is 7. The van der Waals surface area contributed by atoms with Gasteiger partial charge in [0.15, 0.2) is 20.6 Å². The molecule has 0 spiro atoms. The van der Waals surface area contributed by atoms with Gasteiger partial charge in [0, 0.05) is 37.7 Å². The zero-order valence-corrected chi connectivity index (χ0v) is 20.2. The molecule has 0 unspecified atom stereocenters. The van der Waals surface area contributed by atoms with E-state index in [9.17, 15) is 26.8 Å². The molecule has 0 saturated heterocycles. The standard InChI is InChI=1S/C24H19F2N5O5S/c1-27-23(32)20-12-17(9-10-28-20)36-16-7-8-19(18(26)11-16)29-24(33)21-13-22(37(2,34)35)31(30-21)15-5-3-14(25)4-6-15/h3-13H,1-2H3,(H,27,32)(H,29,33). The molecule has 0 saturated carbocycles. The summed E-state index contributed by atoms with van der Waals surface area (Å²) in [6, 6.07) is 12.4. The Balaban J connectivity index is 1.55. The molecule has 37 heavy (non-hydrogen) atoms. The lowest BCUT2D eigenvalue weighted by atomic mass is 10.2. The first-order valence-electron chi connectivity index (χ1n) is 10.6. The van der Waals surface area contributed by atoms with Gasteiger partial charge in [-0.1, -0.05) is 0 Å². The second-order valence-electron chi connectivity index (χ2n) is 7.68. The largest absolute Gasteiger partial charge is 0.457 e. The van der Waals surface area contributed by atoms with E-state index in [0.29, 0.717) is 0 Å². The molecule has 0 atom stereocenters. The second kappa shape index (κ2) is 10.1. The number of halogens is 2. The first-order valence-corrected chi connectivity index (χ1v) is 12.5. The Kier molecular flexibility index (Phi) is 6.98. The Morgan fingerprint density at radius 3 is 2.27 bits per heavy atom. The highest BCUT2D eigenvalue weighted by Gasteiger charge is 2.22. The Morgan fingerprint density at radius 1 is 0.919 bits per heavy atom. The van der Waals surface area contributed by atoms with Crippen LogP contribution in [0.15, 0.2) is 71.9 Å². The Labute approximate surface area is 209 Å². The third kappa shape index (κ3) is 5.78. The molecule has 0 radical (unpaired) electrons. The van der Waals surface area contributed by atoms with Gasteiger partial charge in [0.05, 0.1) is 11.4 Å². The predicted molar refractivity (Wildman–Crippen MR) is 129 cm³/mol. The maximum Gasteiger partial charge on any atom is 0.276 e. The van der Waals surface area contributed by atoms with Crippen LogP contribution in [0.4, 0.5) is 14.5 Å². The number of ether oxygens (including phenoxy) is 1. The van der Waals surface area contributed by atoms with Crippen molar-refractivity contribution < 1.29 is 31.5 Å². The fraction of sp³-hybridized carbons (Fsp3) is 0.0833. The molecule has 2 aromatic heterocycles. The van der Waals surface area contributed by atoms with Gasteiger partial charge in [-0.05, 0) is 42.5 Å². The minimum Gasteiger partial charge on any atom is -0.457 e. The smallest absolute Gasteiger partial charge is 0.276 e. The molecule has 190 valence electrons. The van der Waals surface area contributed by atoms with E-state index in [0.717, 1.165) is 35.2 Å². The zero-order chi connectivity index (χ0) is 26.7. The highest BCUT2D eigenvalue weighted by Crippen LogP contribution is 2.26. The van der Waals surface area contributed by atoms with E-state index in [1.165, 1.54) is 49.6 Å². The van der Waals surface area contributed by atoms with Gasteiger partial charge in [-0.3, -0.25) is 14.6 Å². The molecule has 0 aliphatic rings. The summed E-state index contributed by atoms with van der Waals surface area (Å²) in [5.41, 5.74) is -0.194. The number of carbonyl (C=O) groups excluding carboxylic acids is 2. The number of nitrogens with zero attached hydrogens (tertiary/aromatic N) is 3. The number of anilines is 1. The van der Waals surface area contributed by atoms with Crippen LogP contribution < -0.4 is 15.4 Å². The fourth-order valence-electron chi connectivity index (χ4n) is 3.22. The lowest BCUT2D eigenvalue weighted by Gasteiger charge is -2.09. The average Bonchev–Trinajstić information content (AvgIpc) is 3.32. The predicted octanol–water partition coefficient (Wildman–Crippen LogP) is 3.35. The number of aromatic nitrogens is 3. The second-order valence-corrected chi connectivity index (χ2v) is 9.64. The molecular weight excluding hydrogens is 508 g/mol. The van der Waals surface area contributed by atoms with Gasteiger partial charge in [-0.2, -0.15) is 5.10 Å². The van der Waals surface area contributed by atoms with E-state index in [2.05, 4.69) is 20.7 Å². The summed E-state index contributed by atoms with van der Waals surface area (Å²) in [5, 5.41) is 8.49. The Hall–Kier alpha value is -4.65. The lowest BCUT2D eigenvalue weighted by Crippen LogP contribution is -2.18. The molecule has 2 aromatic carbocycles. The lowest BCUT2D eigenvalue weighted by molar-refractivity contribution is 0.0957. The molecule has 0 bridgehead atoms. The Morgan fingerprint density at radius 2 is 1.62 bits per heavy atom. The summed E-state index contributed by atoms with van der Waals surface area (Å²) >= 11 is 0. The van der Waals surface area contributed by atoms with Crippen LogP contribution in [0, 0.1) is 11.6 Å².